The lowest BCUT2D eigenvalue weighted by atomic mass is 9.96. The first kappa shape index (κ1) is 68.6. The van der Waals surface area contributed by atoms with Gasteiger partial charge in [0.15, 0.2) is 5.96 Å². The van der Waals surface area contributed by atoms with Crippen LogP contribution in [0.1, 0.15) is 126 Å². The summed E-state index contributed by atoms with van der Waals surface area (Å²) >= 11 is 8.55. The number of aliphatic imine (C=N–C) groups is 1. The van der Waals surface area contributed by atoms with Crippen LogP contribution in [0.2, 0.25) is 0 Å². The molecule has 0 aromatic rings. The maximum atomic E-state index is 14.2. The molecule has 0 saturated carbocycles. The summed E-state index contributed by atoms with van der Waals surface area (Å²) in [5, 5.41) is 30.6. The molecule has 0 saturated heterocycles. The van der Waals surface area contributed by atoms with Crippen molar-refractivity contribution in [2.24, 2.45) is 57.3 Å². The molecule has 0 unspecified atom stereocenters. The first-order valence-corrected chi connectivity index (χ1v) is 26.6. The Morgan fingerprint density at radius 3 is 1.30 bits per heavy atom. The van der Waals surface area contributed by atoms with Crippen molar-refractivity contribution in [2.45, 2.75) is 180 Å². The molecule has 0 radical (unpaired) electrons. The number of nitrogens with two attached hydrogens (primary N) is 5. The molecule has 0 heterocycles. The Kier molecular flexibility index (Phi) is 33.9. The molecule has 0 bridgehead atoms. The van der Waals surface area contributed by atoms with Gasteiger partial charge in [-0.1, -0.05) is 68.2 Å². The average Bonchev–Trinajstić information content (AvgIpc) is 3.31. The van der Waals surface area contributed by atoms with E-state index in [1.54, 1.807) is 41.5 Å². The number of guanidine groups is 1. The second-order valence-electron chi connectivity index (χ2n) is 19.7. The van der Waals surface area contributed by atoms with Crippen LogP contribution in [-0.4, -0.2) is 149 Å². The molecule has 0 aromatic carbocycles. The first-order chi connectivity index (χ1) is 34.6. The summed E-state index contributed by atoms with van der Waals surface area (Å²) in [6.07, 6.45) is 1.78. The minimum Gasteiger partial charge on any atom is -0.480 e. The number of aliphatic carboxylic acids is 1. The standard InChI is InChI=1S/C47H88N14O11S2/c1-9-27(8)37(61-44(69)35(23-74)59-38(63)28(49)13-10-11-17-48)45(70)58-33(21-26(6)7)42(67)60-34(22-73)43(68)54-29(14-12-18-53-47(51)52)39(64)56-32(20-25(4)5)41(66)57-31(19-24(2)3)40(65)55-30(46(71)72)15-16-36(50)62/h24-35,37,73-74H,9-23,48-49H2,1-8H3,(H2,50,62)(H,54,68)(H,55,65)(H,56,64)(H,57,66)(H,58,70)(H,59,63)(H,60,67)(H,61,69)(H,71,72)(H4,51,52,53)/t27-,28-,29-,30-,31-,32-,33-,34-,35+,37-/m0/s1. The van der Waals surface area contributed by atoms with Gasteiger partial charge >= 0.3 is 5.97 Å². The minimum absolute atomic E-state index is 0.0514. The fourth-order valence-corrected chi connectivity index (χ4v) is 7.82. The zero-order valence-electron chi connectivity index (χ0n) is 44.4. The second kappa shape index (κ2) is 36.5. The molecule has 10 atom stereocenters. The van der Waals surface area contributed by atoms with Gasteiger partial charge in [-0.05, 0) is 81.6 Å². The van der Waals surface area contributed by atoms with Crippen LogP contribution in [0.3, 0.4) is 0 Å². The Labute approximate surface area is 446 Å². The molecular formula is C47H88N14O11S2. The van der Waals surface area contributed by atoms with E-state index in [-0.39, 0.29) is 86.7 Å². The number of carbonyl (C=O) groups excluding carboxylic acids is 9. The highest BCUT2D eigenvalue weighted by atomic mass is 32.1. The van der Waals surface area contributed by atoms with Crippen LogP contribution in [0.5, 0.6) is 0 Å². The molecule has 9 amide bonds. The Hall–Kier alpha value is -5.41. The summed E-state index contributed by atoms with van der Waals surface area (Å²) in [7, 11) is 0. The van der Waals surface area contributed by atoms with Crippen LogP contribution in [0, 0.1) is 23.7 Å². The third kappa shape index (κ3) is 27.8. The predicted molar refractivity (Wildman–Crippen MR) is 288 cm³/mol. The second-order valence-corrected chi connectivity index (χ2v) is 20.5. The lowest BCUT2D eigenvalue weighted by molar-refractivity contribution is -0.142. The molecule has 19 N–H and O–H groups in total. The van der Waals surface area contributed by atoms with Crippen molar-refractivity contribution in [3.05, 3.63) is 0 Å². The highest BCUT2D eigenvalue weighted by Crippen LogP contribution is 2.14. The summed E-state index contributed by atoms with van der Waals surface area (Å²) in [6.45, 7) is 14.8. The number of thiol groups is 2. The number of carboxylic acid groups (broad SMARTS) is 1. The molecular weight excluding hydrogens is 1000 g/mol. The molecule has 0 rings (SSSR count). The number of hydrogen-bond donors (Lipinski definition) is 16. The van der Waals surface area contributed by atoms with Crippen molar-refractivity contribution in [3.8, 4) is 0 Å². The average molecular weight is 1090 g/mol. The van der Waals surface area contributed by atoms with Gasteiger partial charge in [-0.2, -0.15) is 25.3 Å². The number of unbranched alkanes of at least 4 members (excludes halogenated alkanes) is 1. The normalized spacial score (nSPS) is 15.3. The number of rotatable bonds is 38. The van der Waals surface area contributed by atoms with Gasteiger partial charge in [0.25, 0.3) is 0 Å². The number of nitrogens with zero attached hydrogens (tertiary/aromatic N) is 1. The van der Waals surface area contributed by atoms with E-state index in [9.17, 15) is 53.1 Å². The monoisotopic (exact) mass is 1090 g/mol. The number of nitrogens with one attached hydrogen (secondary N) is 8. The van der Waals surface area contributed by atoms with E-state index < -0.39 is 119 Å². The van der Waals surface area contributed by atoms with Gasteiger partial charge in [0.05, 0.1) is 6.04 Å². The van der Waals surface area contributed by atoms with E-state index in [1.165, 1.54) is 0 Å². The van der Waals surface area contributed by atoms with Gasteiger partial charge in [-0.3, -0.25) is 48.1 Å². The van der Waals surface area contributed by atoms with E-state index in [0.717, 1.165) is 0 Å². The van der Waals surface area contributed by atoms with E-state index in [4.69, 9.17) is 28.7 Å². The Morgan fingerprint density at radius 2 is 0.892 bits per heavy atom. The minimum atomic E-state index is -1.48. The molecule has 0 spiro atoms. The number of hydrogen-bond acceptors (Lipinski definition) is 15. The first-order valence-electron chi connectivity index (χ1n) is 25.3. The number of primary amides is 1. The largest absolute Gasteiger partial charge is 0.480 e. The number of amides is 9. The van der Waals surface area contributed by atoms with Gasteiger partial charge in [0.1, 0.15) is 48.3 Å². The summed E-state index contributed by atoms with van der Waals surface area (Å²) in [5.41, 5.74) is 27.8. The van der Waals surface area contributed by atoms with Crippen LogP contribution < -0.4 is 71.2 Å². The number of carboxylic acids is 1. The lowest BCUT2D eigenvalue weighted by Gasteiger charge is -2.30. The summed E-state index contributed by atoms with van der Waals surface area (Å²) in [6, 6.07) is -11.2. The van der Waals surface area contributed by atoms with Crippen LogP contribution in [0.4, 0.5) is 0 Å². The summed E-state index contributed by atoms with van der Waals surface area (Å²) < 4.78 is 0. The highest BCUT2D eigenvalue weighted by molar-refractivity contribution is 7.80. The summed E-state index contributed by atoms with van der Waals surface area (Å²) in [4.78, 5) is 137. The Bertz CT molecular complexity index is 1870. The third-order valence-electron chi connectivity index (χ3n) is 11.6. The van der Waals surface area contributed by atoms with Crippen LogP contribution in [0.15, 0.2) is 4.99 Å². The quantitative estimate of drug-likeness (QED) is 0.0135. The lowest BCUT2D eigenvalue weighted by Crippen LogP contribution is -2.61. The Balaban J connectivity index is 6.58. The van der Waals surface area contributed by atoms with Gasteiger partial charge in [-0.25, -0.2) is 4.79 Å². The molecule has 25 nitrogen and oxygen atoms in total. The van der Waals surface area contributed by atoms with Gasteiger partial charge in [-0.15, -0.1) is 0 Å². The fourth-order valence-electron chi connectivity index (χ4n) is 7.31. The fraction of sp³-hybridized carbons (Fsp3) is 0.766. The topological polar surface area (TPSA) is 430 Å². The molecule has 0 aromatic heterocycles. The highest BCUT2D eigenvalue weighted by Gasteiger charge is 2.36. The molecule has 0 aliphatic carbocycles. The zero-order valence-corrected chi connectivity index (χ0v) is 46.2. The van der Waals surface area contributed by atoms with Crippen LogP contribution >= 0.6 is 25.3 Å². The molecule has 0 aliphatic rings. The molecule has 0 aliphatic heterocycles. The van der Waals surface area contributed by atoms with Gasteiger partial charge in [0.2, 0.25) is 53.2 Å². The maximum absolute atomic E-state index is 14.2. The van der Waals surface area contributed by atoms with Crippen molar-refractivity contribution in [3.63, 3.8) is 0 Å². The SMILES string of the molecule is CC[C@H](C)[C@H](NC(=O)[C@@H](CS)NC(=O)[C@@H](N)CCCCN)C(=O)N[C@@H](CC(C)C)C(=O)N[C@@H](CS)C(=O)N[C@@H](CCCN=C(N)N)C(=O)N[C@@H](CC(C)C)C(=O)N[C@@H](CC(C)C)C(=O)N[C@@H](CCC(N)=O)C(=O)O. The van der Waals surface area contributed by atoms with Crippen LogP contribution in [0.25, 0.3) is 0 Å². The van der Waals surface area contributed by atoms with Crippen molar-refractivity contribution in [1.29, 1.82) is 0 Å². The van der Waals surface area contributed by atoms with E-state index in [0.29, 0.717) is 32.2 Å². The molecule has 424 valence electrons. The maximum Gasteiger partial charge on any atom is 0.326 e. The van der Waals surface area contributed by atoms with E-state index in [1.807, 2.05) is 13.8 Å². The van der Waals surface area contributed by atoms with Crippen molar-refractivity contribution in [2.75, 3.05) is 24.6 Å². The van der Waals surface area contributed by atoms with Crippen LogP contribution in [-0.2, 0) is 47.9 Å². The van der Waals surface area contributed by atoms with Gasteiger partial charge in [0, 0.05) is 24.5 Å². The van der Waals surface area contributed by atoms with Gasteiger partial charge < -0.3 is 76.3 Å². The summed E-state index contributed by atoms with van der Waals surface area (Å²) in [5.74, 6) is -9.80. The van der Waals surface area contributed by atoms with Crippen molar-refractivity contribution in [1.82, 2.24) is 42.5 Å². The van der Waals surface area contributed by atoms with Crippen molar-refractivity contribution >= 4 is 90.4 Å². The Morgan fingerprint density at radius 1 is 0.500 bits per heavy atom. The third-order valence-corrected chi connectivity index (χ3v) is 12.4. The van der Waals surface area contributed by atoms with E-state index >= 15 is 0 Å². The molecule has 27 heteroatoms. The smallest absolute Gasteiger partial charge is 0.326 e. The predicted octanol–water partition coefficient (Wildman–Crippen LogP) is -2.23. The van der Waals surface area contributed by atoms with Crippen molar-refractivity contribution < 1.29 is 53.1 Å². The molecule has 74 heavy (non-hydrogen) atoms. The number of carbonyl (C=O) groups is 10. The molecule has 0 fully saturated rings. The zero-order chi connectivity index (χ0) is 56.8. The van der Waals surface area contributed by atoms with E-state index in [2.05, 4.69) is 72.8 Å².